The Morgan fingerprint density at radius 2 is 2.17 bits per heavy atom. The summed E-state index contributed by atoms with van der Waals surface area (Å²) in [7, 11) is 0. The third-order valence-corrected chi connectivity index (χ3v) is 5.40. The molecule has 1 unspecified atom stereocenters. The van der Waals surface area contributed by atoms with Crippen LogP contribution >= 0.6 is 0 Å². The molecule has 1 atom stereocenters. The Bertz CT molecular complexity index is 1040. The van der Waals surface area contributed by atoms with E-state index in [0.29, 0.717) is 22.6 Å². The van der Waals surface area contributed by atoms with E-state index >= 15 is 0 Å². The summed E-state index contributed by atoms with van der Waals surface area (Å²) in [6.07, 6.45) is 9.99. The molecular formula is C16H15N5O2. The van der Waals surface area contributed by atoms with Gasteiger partial charge < -0.3 is 4.98 Å². The van der Waals surface area contributed by atoms with Crippen LogP contribution in [0.4, 0.5) is 0 Å². The fraction of sp³-hybridized carbons (Fsp3) is 0.375. The average Bonchev–Trinajstić information content (AvgIpc) is 3.09. The number of H-pyrrole nitrogens is 2. The summed E-state index contributed by atoms with van der Waals surface area (Å²) in [6, 6.07) is 1.96. The van der Waals surface area contributed by atoms with Crippen LogP contribution in [-0.4, -0.2) is 24.6 Å². The molecule has 116 valence electrons. The van der Waals surface area contributed by atoms with E-state index in [1.807, 2.05) is 6.07 Å². The smallest absolute Gasteiger partial charge is 0.313 e. The van der Waals surface area contributed by atoms with E-state index in [1.54, 1.807) is 16.9 Å². The Balaban J connectivity index is 1.71. The fourth-order valence-electron chi connectivity index (χ4n) is 3.90. The van der Waals surface area contributed by atoms with Gasteiger partial charge in [-0.2, -0.15) is 5.10 Å². The van der Waals surface area contributed by atoms with Gasteiger partial charge in [0.05, 0.1) is 11.3 Å². The van der Waals surface area contributed by atoms with Crippen molar-refractivity contribution in [1.82, 2.24) is 24.6 Å². The fourth-order valence-corrected chi connectivity index (χ4v) is 3.90. The third kappa shape index (κ3) is 1.76. The third-order valence-electron chi connectivity index (χ3n) is 5.40. The van der Waals surface area contributed by atoms with Crippen LogP contribution in [-0.2, 0) is 0 Å². The first-order valence-electron chi connectivity index (χ1n) is 7.83. The Kier molecular flexibility index (Phi) is 2.33. The topological polar surface area (TPSA) is 95.9 Å². The van der Waals surface area contributed by atoms with Gasteiger partial charge in [0.2, 0.25) is 0 Å². The average molecular weight is 309 g/mol. The van der Waals surface area contributed by atoms with Gasteiger partial charge >= 0.3 is 5.69 Å². The lowest BCUT2D eigenvalue weighted by atomic mass is 9.78. The Morgan fingerprint density at radius 3 is 2.87 bits per heavy atom. The monoisotopic (exact) mass is 309 g/mol. The van der Waals surface area contributed by atoms with Gasteiger partial charge in [0, 0.05) is 24.2 Å². The SMILES string of the molecule is O=c1[nH]cc(-c2cc(C3CC34CCC4)c3nccn3n2)c(=O)[nH]1. The van der Waals surface area contributed by atoms with Gasteiger partial charge in [0.15, 0.2) is 5.65 Å². The van der Waals surface area contributed by atoms with Crippen molar-refractivity contribution < 1.29 is 0 Å². The second kappa shape index (κ2) is 4.18. The van der Waals surface area contributed by atoms with Crippen LogP contribution in [0.2, 0.25) is 0 Å². The minimum absolute atomic E-state index is 0.366. The van der Waals surface area contributed by atoms with Crippen LogP contribution < -0.4 is 11.2 Å². The molecule has 7 nitrogen and oxygen atoms in total. The Morgan fingerprint density at radius 1 is 1.30 bits per heavy atom. The number of aromatic amines is 2. The highest BCUT2D eigenvalue weighted by atomic mass is 16.2. The van der Waals surface area contributed by atoms with Crippen molar-refractivity contribution in [3.05, 3.63) is 51.1 Å². The van der Waals surface area contributed by atoms with Gasteiger partial charge in [0.1, 0.15) is 0 Å². The summed E-state index contributed by atoms with van der Waals surface area (Å²) < 4.78 is 1.72. The lowest BCUT2D eigenvalue weighted by Crippen LogP contribution is -2.23. The predicted octanol–water partition coefficient (Wildman–Crippen LogP) is 1.43. The van der Waals surface area contributed by atoms with Crippen molar-refractivity contribution in [2.75, 3.05) is 0 Å². The van der Waals surface area contributed by atoms with E-state index in [-0.39, 0.29) is 0 Å². The number of nitrogens with zero attached hydrogens (tertiary/aromatic N) is 3. The molecule has 2 N–H and O–H groups in total. The number of hydrogen-bond donors (Lipinski definition) is 2. The maximum Gasteiger partial charge on any atom is 0.325 e. The number of hydrogen-bond acceptors (Lipinski definition) is 4. The van der Waals surface area contributed by atoms with E-state index in [1.165, 1.54) is 31.9 Å². The molecule has 5 rings (SSSR count). The van der Waals surface area contributed by atoms with Crippen molar-refractivity contribution in [3.63, 3.8) is 0 Å². The lowest BCUT2D eigenvalue weighted by Gasteiger charge is -2.26. The summed E-state index contributed by atoms with van der Waals surface area (Å²) >= 11 is 0. The zero-order valence-electron chi connectivity index (χ0n) is 12.4. The van der Waals surface area contributed by atoms with Crippen LogP contribution in [0.15, 0.2) is 34.2 Å². The van der Waals surface area contributed by atoms with Crippen LogP contribution in [0, 0.1) is 5.41 Å². The minimum atomic E-state index is -0.515. The second-order valence-corrected chi connectivity index (χ2v) is 6.64. The first kappa shape index (κ1) is 12.8. The number of fused-ring (bicyclic) bond motifs is 1. The van der Waals surface area contributed by atoms with Crippen molar-refractivity contribution >= 4 is 5.65 Å². The lowest BCUT2D eigenvalue weighted by molar-refractivity contribution is 0.277. The van der Waals surface area contributed by atoms with Crippen molar-refractivity contribution in [2.24, 2.45) is 5.41 Å². The van der Waals surface area contributed by atoms with Gasteiger partial charge in [-0.25, -0.2) is 14.3 Å². The zero-order chi connectivity index (χ0) is 15.6. The molecule has 0 bridgehead atoms. The van der Waals surface area contributed by atoms with Crippen molar-refractivity contribution in [2.45, 2.75) is 31.6 Å². The molecule has 2 saturated carbocycles. The molecule has 0 amide bonds. The highest BCUT2D eigenvalue weighted by molar-refractivity contribution is 5.63. The molecule has 23 heavy (non-hydrogen) atoms. The first-order chi connectivity index (χ1) is 11.2. The number of aromatic nitrogens is 5. The molecule has 3 heterocycles. The molecular weight excluding hydrogens is 294 g/mol. The van der Waals surface area contributed by atoms with E-state index in [4.69, 9.17) is 0 Å². The summed E-state index contributed by atoms with van der Waals surface area (Å²) in [5.41, 5.74) is 2.46. The highest BCUT2D eigenvalue weighted by Crippen LogP contribution is 2.70. The van der Waals surface area contributed by atoms with E-state index < -0.39 is 11.2 Å². The number of imidazole rings is 1. The summed E-state index contributed by atoms with van der Waals surface area (Å²) in [5, 5.41) is 4.47. The van der Waals surface area contributed by atoms with E-state index in [2.05, 4.69) is 20.1 Å². The van der Waals surface area contributed by atoms with Crippen LogP contribution in [0.3, 0.4) is 0 Å². The maximum atomic E-state index is 12.1. The summed E-state index contributed by atoms with van der Waals surface area (Å²) in [5.74, 6) is 0.504. The molecule has 3 aromatic heterocycles. The second-order valence-electron chi connectivity index (χ2n) is 6.64. The standard InChI is InChI=1S/C16H15N5O2/c22-14-10(8-18-15(23)19-14)12-6-9(11-7-16(11)2-1-3-16)13-17-4-5-21(13)20-12/h4-6,8,11H,1-3,7H2,(H2,18,19,22,23). The molecule has 7 heteroatoms. The van der Waals surface area contributed by atoms with Gasteiger partial charge in [-0.15, -0.1) is 0 Å². The summed E-state index contributed by atoms with van der Waals surface area (Å²) in [4.78, 5) is 32.5. The number of nitrogens with one attached hydrogen (secondary N) is 2. The molecule has 0 aliphatic heterocycles. The van der Waals surface area contributed by atoms with Crippen molar-refractivity contribution in [1.29, 1.82) is 0 Å². The largest absolute Gasteiger partial charge is 0.325 e. The Labute approximate surface area is 130 Å². The van der Waals surface area contributed by atoms with Gasteiger partial charge in [-0.3, -0.25) is 9.78 Å². The highest BCUT2D eigenvalue weighted by Gasteiger charge is 2.58. The normalized spacial score (nSPS) is 21.5. The maximum absolute atomic E-state index is 12.1. The van der Waals surface area contributed by atoms with Gasteiger partial charge in [0.25, 0.3) is 5.56 Å². The summed E-state index contributed by atoms with van der Waals surface area (Å²) in [6.45, 7) is 0. The molecule has 2 fully saturated rings. The molecule has 3 aromatic rings. The van der Waals surface area contributed by atoms with E-state index in [9.17, 15) is 9.59 Å². The zero-order valence-corrected chi connectivity index (χ0v) is 12.4. The van der Waals surface area contributed by atoms with Crippen LogP contribution in [0.1, 0.15) is 37.2 Å². The van der Waals surface area contributed by atoms with Gasteiger partial charge in [-0.05, 0) is 36.7 Å². The predicted molar refractivity (Wildman–Crippen MR) is 83.3 cm³/mol. The molecule has 0 aromatic carbocycles. The molecule has 2 aliphatic rings. The van der Waals surface area contributed by atoms with Gasteiger partial charge in [-0.1, -0.05) is 6.42 Å². The van der Waals surface area contributed by atoms with E-state index in [0.717, 1.165) is 11.2 Å². The molecule has 2 aliphatic carbocycles. The minimum Gasteiger partial charge on any atom is -0.313 e. The van der Waals surface area contributed by atoms with Crippen LogP contribution in [0.5, 0.6) is 0 Å². The van der Waals surface area contributed by atoms with Crippen LogP contribution in [0.25, 0.3) is 16.9 Å². The molecule has 0 radical (unpaired) electrons. The molecule has 0 saturated heterocycles. The molecule has 1 spiro atoms. The first-order valence-corrected chi connectivity index (χ1v) is 7.83. The Hall–Kier alpha value is -2.70. The van der Waals surface area contributed by atoms with Crippen molar-refractivity contribution in [3.8, 4) is 11.3 Å². The number of rotatable bonds is 2. The quantitative estimate of drug-likeness (QED) is 0.748.